The van der Waals surface area contributed by atoms with E-state index in [4.69, 9.17) is 17.0 Å². The van der Waals surface area contributed by atoms with E-state index in [1.54, 1.807) is 13.1 Å². The second kappa shape index (κ2) is 5.60. The van der Waals surface area contributed by atoms with Crippen LogP contribution in [0.2, 0.25) is 0 Å². The Bertz CT molecular complexity index is 824. The number of benzene rings is 1. The van der Waals surface area contributed by atoms with Crippen molar-refractivity contribution < 1.29 is 9.53 Å². The van der Waals surface area contributed by atoms with Crippen LogP contribution in [-0.4, -0.2) is 35.6 Å². The highest BCUT2D eigenvalue weighted by molar-refractivity contribution is 7.80. The van der Waals surface area contributed by atoms with Gasteiger partial charge in [0.05, 0.1) is 6.04 Å². The maximum absolute atomic E-state index is 12.1. The van der Waals surface area contributed by atoms with E-state index in [-0.39, 0.29) is 16.8 Å². The molecule has 0 spiro atoms. The van der Waals surface area contributed by atoms with Crippen LogP contribution < -0.4 is 4.90 Å². The van der Waals surface area contributed by atoms with Gasteiger partial charge in [0, 0.05) is 25.2 Å². The summed E-state index contributed by atoms with van der Waals surface area (Å²) in [4.78, 5) is 15.9. The van der Waals surface area contributed by atoms with Crippen LogP contribution in [0.1, 0.15) is 18.4 Å². The number of likely N-dealkylation sites (N-methyl/N-ethyl adjacent to an activating group) is 2. The Labute approximate surface area is 146 Å². The first-order chi connectivity index (χ1) is 11.6. The molecule has 24 heavy (non-hydrogen) atoms. The fourth-order valence-electron chi connectivity index (χ4n) is 3.63. The summed E-state index contributed by atoms with van der Waals surface area (Å²) in [6.07, 6.45) is 8.26. The molecule has 0 bridgehead atoms. The van der Waals surface area contributed by atoms with E-state index in [1.165, 1.54) is 16.2 Å². The molecule has 0 N–H and O–H groups in total. The van der Waals surface area contributed by atoms with Crippen molar-refractivity contribution in [2.75, 3.05) is 18.5 Å². The van der Waals surface area contributed by atoms with Crippen molar-refractivity contribution in [3.05, 3.63) is 65.5 Å². The van der Waals surface area contributed by atoms with Gasteiger partial charge < -0.3 is 9.64 Å². The average Bonchev–Trinajstić information content (AvgIpc) is 3.04. The van der Waals surface area contributed by atoms with Crippen molar-refractivity contribution in [3.63, 3.8) is 0 Å². The van der Waals surface area contributed by atoms with E-state index in [0.29, 0.717) is 12.0 Å². The Morgan fingerprint density at radius 3 is 2.83 bits per heavy atom. The van der Waals surface area contributed by atoms with Crippen molar-refractivity contribution in [1.29, 1.82) is 0 Å². The van der Waals surface area contributed by atoms with Crippen LogP contribution in [0, 0.1) is 0 Å². The third-order valence-electron chi connectivity index (χ3n) is 4.82. The molecule has 2 heterocycles. The molecule has 1 aromatic rings. The monoisotopic (exact) mass is 338 g/mol. The molecule has 1 amide bonds. The minimum Gasteiger partial charge on any atom is -0.426 e. The molecule has 1 saturated heterocycles. The molecule has 0 aromatic heterocycles. The van der Waals surface area contributed by atoms with E-state index in [9.17, 15) is 4.79 Å². The first kappa shape index (κ1) is 15.1. The maximum Gasteiger partial charge on any atom is 0.296 e. The molecule has 1 aromatic carbocycles. The SMILES string of the molecule is CCN1c2ccccc2C2C=C(C=C3OC(=S)N(C)C3=O)C=CC21. The number of fused-ring (bicyclic) bond motifs is 3. The highest BCUT2D eigenvalue weighted by Gasteiger charge is 2.36. The first-order valence-electron chi connectivity index (χ1n) is 8.07. The number of nitrogens with zero attached hydrogens (tertiary/aromatic N) is 2. The lowest BCUT2D eigenvalue weighted by Gasteiger charge is -2.28. The predicted octanol–water partition coefficient (Wildman–Crippen LogP) is 3.13. The van der Waals surface area contributed by atoms with Crippen LogP contribution in [0.3, 0.4) is 0 Å². The maximum atomic E-state index is 12.1. The number of rotatable bonds is 2. The van der Waals surface area contributed by atoms with E-state index >= 15 is 0 Å². The van der Waals surface area contributed by atoms with Gasteiger partial charge in [-0.1, -0.05) is 36.4 Å². The second-order valence-corrected chi connectivity index (χ2v) is 6.48. The van der Waals surface area contributed by atoms with Gasteiger partial charge in [-0.3, -0.25) is 9.69 Å². The van der Waals surface area contributed by atoms with Crippen LogP contribution in [0.25, 0.3) is 0 Å². The number of hydrogen-bond acceptors (Lipinski definition) is 4. The number of amides is 1. The summed E-state index contributed by atoms with van der Waals surface area (Å²) in [5.74, 6) is 0.382. The second-order valence-electron chi connectivity index (χ2n) is 6.13. The Kier molecular flexibility index (Phi) is 3.53. The van der Waals surface area contributed by atoms with E-state index in [1.807, 2.05) is 0 Å². The zero-order valence-electron chi connectivity index (χ0n) is 13.6. The Morgan fingerprint density at radius 2 is 2.12 bits per heavy atom. The molecule has 4 rings (SSSR count). The lowest BCUT2D eigenvalue weighted by molar-refractivity contribution is -0.122. The number of para-hydroxylation sites is 1. The normalized spacial score (nSPS) is 26.6. The van der Waals surface area contributed by atoms with Gasteiger partial charge in [0.25, 0.3) is 11.1 Å². The Morgan fingerprint density at radius 1 is 1.33 bits per heavy atom. The first-order valence-corrected chi connectivity index (χ1v) is 8.48. The number of allylic oxidation sites excluding steroid dienone is 3. The van der Waals surface area contributed by atoms with Crippen LogP contribution in [0.5, 0.6) is 0 Å². The minimum absolute atomic E-state index is 0.196. The van der Waals surface area contributed by atoms with Crippen LogP contribution in [0.4, 0.5) is 5.69 Å². The summed E-state index contributed by atoms with van der Waals surface area (Å²) in [6.45, 7) is 3.14. The lowest BCUT2D eigenvalue weighted by Crippen LogP contribution is -2.32. The van der Waals surface area contributed by atoms with Gasteiger partial charge in [0.1, 0.15) is 0 Å². The summed E-state index contributed by atoms with van der Waals surface area (Å²) in [6, 6.07) is 8.85. The number of ether oxygens (including phenoxy) is 1. The van der Waals surface area contributed by atoms with Crippen molar-refractivity contribution in [2.24, 2.45) is 0 Å². The molecule has 2 aliphatic heterocycles. The molecular formula is C19H18N2O2S. The minimum atomic E-state index is -0.196. The molecule has 2 atom stereocenters. The van der Waals surface area contributed by atoms with Gasteiger partial charge in [0.2, 0.25) is 0 Å². The number of carbonyl (C=O) groups is 1. The van der Waals surface area contributed by atoms with Gasteiger partial charge >= 0.3 is 0 Å². The molecule has 2 unspecified atom stereocenters. The summed E-state index contributed by atoms with van der Waals surface area (Å²) in [5.41, 5.74) is 3.60. The molecule has 1 aliphatic carbocycles. The Hall–Kier alpha value is -2.40. The number of carbonyl (C=O) groups excluding carboxylic acids is 1. The average molecular weight is 338 g/mol. The smallest absolute Gasteiger partial charge is 0.296 e. The highest BCUT2D eigenvalue weighted by Crippen LogP contribution is 2.44. The van der Waals surface area contributed by atoms with Crippen molar-refractivity contribution >= 4 is 29.0 Å². The van der Waals surface area contributed by atoms with Crippen LogP contribution in [-0.2, 0) is 9.53 Å². The fraction of sp³-hybridized carbons (Fsp3) is 0.263. The fourth-order valence-corrected chi connectivity index (χ4v) is 3.80. The van der Waals surface area contributed by atoms with Crippen molar-refractivity contribution in [3.8, 4) is 0 Å². The molecule has 3 aliphatic rings. The van der Waals surface area contributed by atoms with Crippen LogP contribution >= 0.6 is 12.2 Å². The third kappa shape index (κ3) is 2.19. The van der Waals surface area contributed by atoms with Crippen molar-refractivity contribution in [2.45, 2.75) is 18.9 Å². The van der Waals surface area contributed by atoms with Gasteiger partial charge in [-0.15, -0.1) is 0 Å². The standard InChI is InChI=1S/C19H18N2O2S/c1-3-21-15-7-5-4-6-13(15)14-10-12(8-9-16(14)21)11-17-18(22)20(2)19(24)23-17/h4-11,14,16H,3H2,1-2H3. The third-order valence-corrected chi connectivity index (χ3v) is 5.17. The molecular weight excluding hydrogens is 320 g/mol. The molecule has 122 valence electrons. The van der Waals surface area contributed by atoms with Gasteiger partial charge in [0.15, 0.2) is 5.76 Å². The van der Waals surface area contributed by atoms with Crippen molar-refractivity contribution in [1.82, 2.24) is 4.90 Å². The number of thiocarbonyl (C=S) groups is 1. The van der Waals surface area contributed by atoms with Gasteiger partial charge in [-0.05, 0) is 42.4 Å². The summed E-state index contributed by atoms with van der Waals surface area (Å²) >= 11 is 5.02. The van der Waals surface area contributed by atoms with E-state index in [2.05, 4.69) is 54.3 Å². The molecule has 5 heteroatoms. The van der Waals surface area contributed by atoms with Crippen LogP contribution in [0.15, 0.2) is 59.9 Å². The Balaban J connectivity index is 1.70. The highest BCUT2D eigenvalue weighted by atomic mass is 32.1. The lowest BCUT2D eigenvalue weighted by atomic mass is 9.88. The van der Waals surface area contributed by atoms with E-state index in [0.717, 1.165) is 12.1 Å². The molecule has 0 radical (unpaired) electrons. The number of anilines is 1. The zero-order chi connectivity index (χ0) is 16.8. The summed E-state index contributed by atoms with van der Waals surface area (Å²) < 4.78 is 5.40. The van der Waals surface area contributed by atoms with E-state index < -0.39 is 0 Å². The van der Waals surface area contributed by atoms with Gasteiger partial charge in [-0.2, -0.15) is 0 Å². The molecule has 0 saturated carbocycles. The summed E-state index contributed by atoms with van der Waals surface area (Å²) in [7, 11) is 1.62. The molecule has 1 fully saturated rings. The van der Waals surface area contributed by atoms with Gasteiger partial charge in [-0.25, -0.2) is 0 Å². The predicted molar refractivity (Wildman–Crippen MR) is 97.8 cm³/mol. The molecule has 4 nitrogen and oxygen atoms in total. The topological polar surface area (TPSA) is 32.8 Å². The quantitative estimate of drug-likeness (QED) is 0.613. The largest absolute Gasteiger partial charge is 0.426 e. The number of hydrogen-bond donors (Lipinski definition) is 0. The summed E-state index contributed by atoms with van der Waals surface area (Å²) in [5, 5.41) is 0.202. The zero-order valence-corrected chi connectivity index (χ0v) is 14.4.